The third-order valence-corrected chi connectivity index (χ3v) is 6.96. The van der Waals surface area contributed by atoms with Gasteiger partial charge in [0, 0.05) is 52.7 Å². The number of amides is 2. The second-order valence-electron chi connectivity index (χ2n) is 7.45. The Morgan fingerprint density at radius 2 is 1.52 bits per heavy atom. The Bertz CT molecular complexity index is 1040. The number of nitrogens with one attached hydrogen (secondary N) is 1. The molecule has 0 aliphatic carbocycles. The fourth-order valence-electron chi connectivity index (χ4n) is 3.49. The van der Waals surface area contributed by atoms with Crippen LogP contribution in [0.1, 0.15) is 17.5 Å². The van der Waals surface area contributed by atoms with E-state index in [1.165, 1.54) is 0 Å². The van der Waals surface area contributed by atoms with Crippen molar-refractivity contribution in [3.05, 3.63) is 100 Å². The van der Waals surface area contributed by atoms with Crippen LogP contribution in [-0.4, -0.2) is 35.6 Å². The van der Waals surface area contributed by atoms with Crippen molar-refractivity contribution in [3.8, 4) is 0 Å². The summed E-state index contributed by atoms with van der Waals surface area (Å²) >= 11 is 14.4. The maximum absolute atomic E-state index is 13.5. The van der Waals surface area contributed by atoms with Gasteiger partial charge in [0.2, 0.25) is 11.8 Å². The van der Waals surface area contributed by atoms with Gasteiger partial charge in [-0.2, -0.15) is 0 Å². The molecule has 172 valence electrons. The molecular weight excluding hydrogens is 475 g/mol. The van der Waals surface area contributed by atoms with Gasteiger partial charge in [0.1, 0.15) is 6.04 Å². The van der Waals surface area contributed by atoms with Crippen LogP contribution in [-0.2, 0) is 22.6 Å². The van der Waals surface area contributed by atoms with E-state index in [2.05, 4.69) is 5.32 Å². The summed E-state index contributed by atoms with van der Waals surface area (Å²) in [5.74, 6) is 0.242. The lowest BCUT2D eigenvalue weighted by atomic mass is 10.0. The summed E-state index contributed by atoms with van der Waals surface area (Å²) in [6.45, 7) is 0.151. The van der Waals surface area contributed by atoms with E-state index >= 15 is 0 Å². The predicted octanol–water partition coefficient (Wildman–Crippen LogP) is 5.86. The Balaban J connectivity index is 1.86. The minimum absolute atomic E-state index is 0.126. The average molecular weight is 501 g/mol. The Hall–Kier alpha value is -2.47. The van der Waals surface area contributed by atoms with Crippen molar-refractivity contribution in [2.24, 2.45) is 0 Å². The van der Waals surface area contributed by atoms with Crippen LogP contribution in [0.3, 0.4) is 0 Å². The molecule has 4 nitrogen and oxygen atoms in total. The van der Waals surface area contributed by atoms with E-state index in [0.29, 0.717) is 27.8 Å². The van der Waals surface area contributed by atoms with Gasteiger partial charge in [-0.25, -0.2) is 0 Å². The van der Waals surface area contributed by atoms with E-state index in [1.807, 2.05) is 60.7 Å². The number of nitrogens with zero attached hydrogens (tertiary/aromatic N) is 1. The van der Waals surface area contributed by atoms with Crippen molar-refractivity contribution in [1.29, 1.82) is 0 Å². The van der Waals surface area contributed by atoms with E-state index in [0.717, 1.165) is 10.5 Å². The van der Waals surface area contributed by atoms with Gasteiger partial charge < -0.3 is 10.2 Å². The first-order valence-corrected chi connectivity index (χ1v) is 12.4. The van der Waals surface area contributed by atoms with Gasteiger partial charge in [0.25, 0.3) is 0 Å². The second kappa shape index (κ2) is 12.7. The quantitative estimate of drug-likeness (QED) is 0.354. The average Bonchev–Trinajstić information content (AvgIpc) is 2.83. The summed E-state index contributed by atoms with van der Waals surface area (Å²) in [6.07, 6.45) is 0.671. The lowest BCUT2D eigenvalue weighted by Crippen LogP contribution is -2.49. The summed E-state index contributed by atoms with van der Waals surface area (Å²) in [6, 6.07) is 24.1. The van der Waals surface area contributed by atoms with Crippen LogP contribution in [0.25, 0.3) is 0 Å². The Labute approximate surface area is 209 Å². The Morgan fingerprint density at radius 1 is 0.909 bits per heavy atom. The molecule has 0 fully saturated rings. The summed E-state index contributed by atoms with van der Waals surface area (Å²) in [5.41, 5.74) is 1.60. The molecule has 3 rings (SSSR count). The molecule has 0 heterocycles. The zero-order chi connectivity index (χ0) is 23.6. The molecule has 0 unspecified atom stereocenters. The third kappa shape index (κ3) is 7.26. The smallest absolute Gasteiger partial charge is 0.242 e. The topological polar surface area (TPSA) is 49.4 Å². The fourth-order valence-corrected chi connectivity index (χ4v) is 4.87. The van der Waals surface area contributed by atoms with Gasteiger partial charge in [-0.15, -0.1) is 11.8 Å². The van der Waals surface area contributed by atoms with Crippen LogP contribution < -0.4 is 5.32 Å². The first kappa shape index (κ1) is 25.2. The highest BCUT2D eigenvalue weighted by Crippen LogP contribution is 2.28. The largest absolute Gasteiger partial charge is 0.357 e. The second-order valence-corrected chi connectivity index (χ2v) is 9.44. The highest BCUT2D eigenvalue weighted by molar-refractivity contribution is 7.99. The van der Waals surface area contributed by atoms with Crippen molar-refractivity contribution in [2.45, 2.75) is 30.3 Å². The number of carbonyl (C=O) groups excluding carboxylic acids is 2. The first-order valence-electron chi connectivity index (χ1n) is 10.7. The molecule has 33 heavy (non-hydrogen) atoms. The normalized spacial score (nSPS) is 11.6. The number of likely N-dealkylation sites (N-methyl/N-ethyl adjacent to an activating group) is 1. The van der Waals surface area contributed by atoms with Crippen molar-refractivity contribution < 1.29 is 9.59 Å². The van der Waals surface area contributed by atoms with Crippen molar-refractivity contribution in [3.63, 3.8) is 0 Å². The molecule has 0 aliphatic heterocycles. The van der Waals surface area contributed by atoms with E-state index in [-0.39, 0.29) is 24.8 Å². The molecule has 3 aromatic rings. The summed E-state index contributed by atoms with van der Waals surface area (Å²) in [5, 5.41) is 3.65. The molecule has 0 bridgehead atoms. The van der Waals surface area contributed by atoms with Gasteiger partial charge in [0.15, 0.2) is 0 Å². The monoisotopic (exact) mass is 500 g/mol. The molecule has 2 amide bonds. The number of thioether (sulfide) groups is 1. The Kier molecular flexibility index (Phi) is 9.67. The molecule has 0 saturated carbocycles. The number of halogens is 2. The SMILES string of the molecule is CNC(=O)[C@@H](Cc1ccccc1)N(Cc1c(Cl)cccc1Cl)C(=O)CCSc1ccccc1. The lowest BCUT2D eigenvalue weighted by Gasteiger charge is -2.31. The van der Waals surface area contributed by atoms with Crippen LogP contribution >= 0.6 is 35.0 Å². The fraction of sp³-hybridized carbons (Fsp3) is 0.231. The van der Waals surface area contributed by atoms with Crippen LogP contribution in [0.5, 0.6) is 0 Å². The van der Waals surface area contributed by atoms with Gasteiger partial charge >= 0.3 is 0 Å². The number of benzene rings is 3. The Morgan fingerprint density at radius 3 is 2.12 bits per heavy atom. The van der Waals surface area contributed by atoms with Gasteiger partial charge in [-0.3, -0.25) is 9.59 Å². The van der Waals surface area contributed by atoms with E-state index in [1.54, 1.807) is 41.9 Å². The van der Waals surface area contributed by atoms with Crippen molar-refractivity contribution in [1.82, 2.24) is 10.2 Å². The van der Waals surface area contributed by atoms with Gasteiger partial charge in [-0.05, 0) is 29.8 Å². The zero-order valence-corrected chi connectivity index (χ0v) is 20.7. The summed E-state index contributed by atoms with van der Waals surface area (Å²) in [7, 11) is 1.58. The summed E-state index contributed by atoms with van der Waals surface area (Å²) < 4.78 is 0. The maximum atomic E-state index is 13.5. The molecule has 0 saturated heterocycles. The van der Waals surface area contributed by atoms with E-state index < -0.39 is 6.04 Å². The van der Waals surface area contributed by atoms with Gasteiger partial charge in [0.05, 0.1) is 0 Å². The number of carbonyl (C=O) groups is 2. The number of hydrogen-bond acceptors (Lipinski definition) is 3. The lowest BCUT2D eigenvalue weighted by molar-refractivity contribution is -0.140. The molecule has 1 N–H and O–H groups in total. The standard InChI is InChI=1S/C26H26Cl2N2O2S/c1-29-26(32)24(17-19-9-4-2-5-10-19)30(18-21-22(27)13-8-14-23(21)28)25(31)15-16-33-20-11-6-3-7-12-20/h2-14,24H,15-18H2,1H3,(H,29,32)/t24-/m1/s1. The van der Waals surface area contributed by atoms with Crippen molar-refractivity contribution >= 4 is 46.8 Å². The molecule has 0 aliphatic rings. The molecule has 1 atom stereocenters. The van der Waals surface area contributed by atoms with Crippen molar-refractivity contribution in [2.75, 3.05) is 12.8 Å². The molecule has 0 aromatic heterocycles. The number of rotatable bonds is 10. The highest BCUT2D eigenvalue weighted by Gasteiger charge is 2.30. The van der Waals surface area contributed by atoms with Crippen LogP contribution in [0.4, 0.5) is 0 Å². The number of hydrogen-bond donors (Lipinski definition) is 1. The minimum Gasteiger partial charge on any atom is -0.357 e. The third-order valence-electron chi connectivity index (χ3n) is 5.24. The zero-order valence-electron chi connectivity index (χ0n) is 18.3. The van der Waals surface area contributed by atoms with Crippen LogP contribution in [0.15, 0.2) is 83.8 Å². The molecule has 7 heteroatoms. The molecular formula is C26H26Cl2N2O2S. The molecule has 3 aromatic carbocycles. The van der Waals surface area contributed by atoms with Gasteiger partial charge in [-0.1, -0.05) is 77.8 Å². The van der Waals surface area contributed by atoms with Crippen LogP contribution in [0.2, 0.25) is 10.0 Å². The molecule has 0 radical (unpaired) electrons. The van der Waals surface area contributed by atoms with Crippen LogP contribution in [0, 0.1) is 0 Å². The van der Waals surface area contributed by atoms with E-state index in [9.17, 15) is 9.59 Å². The summed E-state index contributed by atoms with van der Waals surface area (Å²) in [4.78, 5) is 29.1. The highest BCUT2D eigenvalue weighted by atomic mass is 35.5. The maximum Gasteiger partial charge on any atom is 0.242 e. The first-order chi connectivity index (χ1) is 16.0. The minimum atomic E-state index is -0.695. The van der Waals surface area contributed by atoms with E-state index in [4.69, 9.17) is 23.2 Å². The predicted molar refractivity (Wildman–Crippen MR) is 137 cm³/mol. The molecule has 0 spiro atoms.